The van der Waals surface area contributed by atoms with Crippen LogP contribution in [0.25, 0.3) is 34.4 Å². The molecule has 4 bridgehead atoms. The Bertz CT molecular complexity index is 2210. The average Bonchev–Trinajstić information content (AvgIpc) is 3.70. The zero-order chi connectivity index (χ0) is 37.1. The van der Waals surface area contributed by atoms with E-state index in [9.17, 15) is 0 Å². The van der Waals surface area contributed by atoms with Gasteiger partial charge in [-0.25, -0.2) is 0 Å². The van der Waals surface area contributed by atoms with Gasteiger partial charge in [-0.2, -0.15) is 0 Å². The van der Waals surface area contributed by atoms with Crippen molar-refractivity contribution in [3.8, 4) is 22.3 Å². The molecule has 6 aliphatic rings. The molecular formula is C51H64Cl2SiZr. The summed E-state index contributed by atoms with van der Waals surface area (Å²) in [6.07, 6.45) is 15.3. The van der Waals surface area contributed by atoms with Crippen LogP contribution in [0.4, 0.5) is 0 Å². The van der Waals surface area contributed by atoms with Crippen molar-refractivity contribution in [2.75, 3.05) is 0 Å². The van der Waals surface area contributed by atoms with E-state index in [0.29, 0.717) is 18.6 Å². The molecule has 4 aromatic carbocycles. The third-order valence-electron chi connectivity index (χ3n) is 15.4. The minimum atomic E-state index is -3.72. The van der Waals surface area contributed by atoms with Gasteiger partial charge in [0.1, 0.15) is 0 Å². The molecule has 3 unspecified atom stereocenters. The van der Waals surface area contributed by atoms with Gasteiger partial charge in [0.05, 0.1) is 0 Å². The quantitative estimate of drug-likeness (QED) is 0.162. The molecule has 4 aromatic rings. The van der Waals surface area contributed by atoms with Gasteiger partial charge in [0, 0.05) is 0 Å². The van der Waals surface area contributed by atoms with Crippen molar-refractivity contribution in [3.05, 3.63) is 129 Å². The molecule has 0 amide bonds. The molecule has 6 aliphatic carbocycles. The second-order valence-corrected chi connectivity index (χ2v) is 51.3. The van der Waals surface area contributed by atoms with E-state index in [1.165, 1.54) is 83.9 Å². The van der Waals surface area contributed by atoms with Crippen LogP contribution in [0.15, 0.2) is 96.1 Å². The summed E-state index contributed by atoms with van der Waals surface area (Å²) in [5.74, 6) is 3.50. The number of halogens is 2. The predicted molar refractivity (Wildman–Crippen MR) is 244 cm³/mol. The Hall–Kier alpha value is -1.96. The Labute approximate surface area is 347 Å². The Balaban J connectivity index is 0.00000233. The third kappa shape index (κ3) is 6.74. The van der Waals surface area contributed by atoms with Crippen molar-refractivity contribution in [2.45, 2.75) is 114 Å². The molecule has 4 saturated carbocycles. The van der Waals surface area contributed by atoms with Crippen LogP contribution in [-0.2, 0) is 28.2 Å². The van der Waals surface area contributed by atoms with E-state index in [0.717, 1.165) is 17.8 Å². The summed E-state index contributed by atoms with van der Waals surface area (Å²) in [5.41, 5.74) is 18.7. The van der Waals surface area contributed by atoms with Gasteiger partial charge < -0.3 is 0 Å². The topological polar surface area (TPSA) is 0 Å². The molecule has 0 spiro atoms. The summed E-state index contributed by atoms with van der Waals surface area (Å²) in [5, 5.41) is 0. The van der Waals surface area contributed by atoms with E-state index < -0.39 is 17.4 Å². The second kappa shape index (κ2) is 14.4. The van der Waals surface area contributed by atoms with Gasteiger partial charge in [-0.3, -0.25) is 0 Å². The summed E-state index contributed by atoms with van der Waals surface area (Å²) in [7, 11) is 0. The number of allylic oxidation sites excluding steroid dienone is 2. The minimum Gasteiger partial charge on any atom is -0.147 e. The van der Waals surface area contributed by atoms with Gasteiger partial charge in [0.15, 0.2) is 0 Å². The predicted octanol–water partition coefficient (Wildman–Crippen LogP) is 14.6. The van der Waals surface area contributed by atoms with Gasteiger partial charge >= 0.3 is 326 Å². The Kier molecular flexibility index (Phi) is 10.8. The van der Waals surface area contributed by atoms with Crippen LogP contribution in [0, 0.1) is 23.7 Å². The van der Waals surface area contributed by atoms with Gasteiger partial charge in [-0.05, 0) is 0 Å². The minimum absolute atomic E-state index is 0. The summed E-state index contributed by atoms with van der Waals surface area (Å²) in [6.45, 7) is 16.8. The summed E-state index contributed by atoms with van der Waals surface area (Å²) < 4.78 is 6.67. The van der Waals surface area contributed by atoms with Crippen LogP contribution >= 0.6 is 24.8 Å². The smallest absolute Gasteiger partial charge is 0.147 e. The van der Waals surface area contributed by atoms with Crippen molar-refractivity contribution in [2.24, 2.45) is 23.7 Å². The molecule has 0 aromatic heterocycles. The van der Waals surface area contributed by atoms with Crippen LogP contribution in [0.5, 0.6) is 0 Å². The van der Waals surface area contributed by atoms with Crippen LogP contribution < -0.4 is 0 Å². The van der Waals surface area contributed by atoms with E-state index in [4.69, 9.17) is 0 Å². The zero-order valence-electron chi connectivity index (χ0n) is 34.7. The van der Waals surface area contributed by atoms with Crippen LogP contribution in [0.3, 0.4) is 0 Å². The zero-order valence-corrected chi connectivity index (χ0v) is 40.2. The molecule has 4 fully saturated rings. The van der Waals surface area contributed by atoms with Crippen molar-refractivity contribution < 1.29 is 17.4 Å². The van der Waals surface area contributed by atoms with Gasteiger partial charge in [0.2, 0.25) is 0 Å². The molecule has 55 heavy (non-hydrogen) atoms. The second-order valence-electron chi connectivity index (χ2n) is 20.9. The fourth-order valence-corrected chi connectivity index (χ4v) is 33.7. The van der Waals surface area contributed by atoms with E-state index in [-0.39, 0.29) is 30.2 Å². The first kappa shape index (κ1) is 41.2. The molecule has 0 aliphatic heterocycles. The first-order chi connectivity index (χ1) is 25.1. The standard InChI is InChI=1S/C26H27.C23H27.2CH3.2ClH.H2Si.Zr/c1-17-9-22-3-2-4-24(25(22)10-17)21-5-7-23(8-6-21)26-14-18-11-19(15-26)13-20(12-18)16-26;1-6-16(2)19-14-18-8-7-9-21(22(18)15-19)17-10-12-20(13-11-17)23(3,4)5;;;;;;/h2-10,18-20H,11-16H2,1H3;7-16H,6H2,1-5H3;2*1H3;2*1H;1H2;. The summed E-state index contributed by atoms with van der Waals surface area (Å²) in [6, 6.07) is 34.0. The first-order valence-electron chi connectivity index (χ1n) is 21.1. The van der Waals surface area contributed by atoms with Gasteiger partial charge in [-0.15, -0.1) is 24.8 Å². The van der Waals surface area contributed by atoms with Crippen molar-refractivity contribution in [1.82, 2.24) is 0 Å². The Morgan fingerprint density at radius 1 is 0.691 bits per heavy atom. The Morgan fingerprint density at radius 2 is 1.16 bits per heavy atom. The maximum absolute atomic E-state index is 3.72. The maximum atomic E-state index is 2.81. The van der Waals surface area contributed by atoms with Crippen LogP contribution in [-0.4, -0.2) is 6.88 Å². The van der Waals surface area contributed by atoms with Crippen molar-refractivity contribution in [1.29, 1.82) is 0 Å². The van der Waals surface area contributed by atoms with Crippen LogP contribution in [0.1, 0.15) is 127 Å². The molecule has 0 N–H and O–H groups in total. The van der Waals surface area contributed by atoms with Gasteiger partial charge in [-0.1, -0.05) is 0 Å². The molecule has 4 heteroatoms. The summed E-state index contributed by atoms with van der Waals surface area (Å²) in [4.78, 5) is 0. The number of hydrogen-bond donors (Lipinski definition) is 0. The SMILES string of the molecule is CCC(C)C1=Cc2c(-c3ccc(C(C)(C)C)cc3)cccc2[CH]1[Zr]([CH3])([CH3])(=[SiH2])[CH]1C(C)=Cc2c(-c3ccc(C45CC6CC(CC(C6)C4)C5)cc3)cccc21.Cl.Cl. The monoisotopic (exact) mass is 864 g/mol. The van der Waals surface area contributed by atoms with E-state index >= 15 is 0 Å². The first-order valence-corrected chi connectivity index (χ1v) is 34.8. The van der Waals surface area contributed by atoms with E-state index in [1.54, 1.807) is 27.8 Å². The average molecular weight is 867 g/mol. The molecule has 10 rings (SSSR count). The normalized spacial score (nSPS) is 27.0. The Morgan fingerprint density at radius 3 is 1.65 bits per heavy atom. The molecular weight excluding hydrogens is 803 g/mol. The maximum Gasteiger partial charge on any atom is -0.147 e. The van der Waals surface area contributed by atoms with Crippen LogP contribution in [0.2, 0.25) is 9.26 Å². The van der Waals surface area contributed by atoms with Crippen molar-refractivity contribution in [3.63, 3.8) is 0 Å². The molecule has 0 heterocycles. The largest absolute Gasteiger partial charge is 0.147 e. The number of fused-ring (bicyclic) bond motifs is 2. The van der Waals surface area contributed by atoms with E-state index in [1.807, 2.05) is 0 Å². The number of benzene rings is 4. The fourth-order valence-electron chi connectivity index (χ4n) is 13.2. The van der Waals surface area contributed by atoms with E-state index in [2.05, 4.69) is 155 Å². The molecule has 0 nitrogen and oxygen atoms in total. The number of hydrogen-bond acceptors (Lipinski definition) is 0. The third-order valence-corrected chi connectivity index (χ3v) is 33.0. The van der Waals surface area contributed by atoms with Gasteiger partial charge in [0.25, 0.3) is 0 Å². The molecule has 3 atom stereocenters. The fraction of sp³-hybridized carbons (Fsp3) is 0.451. The molecule has 0 saturated heterocycles. The molecule has 0 radical (unpaired) electrons. The number of rotatable bonds is 7. The molecule has 290 valence electrons. The van der Waals surface area contributed by atoms with Crippen molar-refractivity contribution >= 4 is 43.8 Å². The summed E-state index contributed by atoms with van der Waals surface area (Å²) >= 11 is -3.72.